The molecule has 0 radical (unpaired) electrons. The van der Waals surface area contributed by atoms with E-state index in [0.29, 0.717) is 11.8 Å². The Bertz CT molecular complexity index is 670. The number of hydrogen-bond acceptors (Lipinski definition) is 2. The van der Waals surface area contributed by atoms with Gasteiger partial charge in [-0.05, 0) is 61.3 Å². The van der Waals surface area contributed by atoms with E-state index in [0.717, 1.165) is 40.1 Å². The van der Waals surface area contributed by atoms with Crippen molar-refractivity contribution >= 4 is 5.69 Å². The van der Waals surface area contributed by atoms with Crippen molar-refractivity contribution in [3.8, 4) is 0 Å². The monoisotopic (exact) mass is 356 g/mol. The molecule has 0 aliphatic heterocycles. The molecular formula is C24H40N2. The zero-order chi connectivity index (χ0) is 20.6. The van der Waals surface area contributed by atoms with Gasteiger partial charge in [0.05, 0.1) is 0 Å². The molecular weight excluding hydrogens is 316 g/mol. The van der Waals surface area contributed by atoms with E-state index >= 15 is 0 Å². The Morgan fingerprint density at radius 2 is 1.65 bits per heavy atom. The van der Waals surface area contributed by atoms with E-state index in [1.807, 2.05) is 27.7 Å². The molecule has 0 fully saturated rings. The van der Waals surface area contributed by atoms with Crippen LogP contribution in [0.4, 0.5) is 5.69 Å². The van der Waals surface area contributed by atoms with Gasteiger partial charge in [-0.15, -0.1) is 0 Å². The summed E-state index contributed by atoms with van der Waals surface area (Å²) in [6.07, 6.45) is 2.96. The Kier molecular flexibility index (Phi) is 10.1. The molecule has 26 heavy (non-hydrogen) atoms. The predicted molar refractivity (Wildman–Crippen MR) is 119 cm³/mol. The summed E-state index contributed by atoms with van der Waals surface area (Å²) >= 11 is 0. The van der Waals surface area contributed by atoms with Crippen molar-refractivity contribution in [1.82, 2.24) is 0 Å². The average Bonchev–Trinajstić information content (AvgIpc) is 2.56. The maximum atomic E-state index is 6.26. The number of anilines is 1. The molecule has 2 heteroatoms. The summed E-state index contributed by atoms with van der Waals surface area (Å²) in [7, 11) is 0. The molecule has 0 aliphatic rings. The van der Waals surface area contributed by atoms with Gasteiger partial charge in [-0.3, -0.25) is 0 Å². The fourth-order valence-electron chi connectivity index (χ4n) is 2.86. The smallest absolute Gasteiger partial charge is 0.0379 e. The molecule has 146 valence electrons. The first kappa shape index (κ1) is 24.0. The van der Waals surface area contributed by atoms with E-state index in [4.69, 9.17) is 11.5 Å². The van der Waals surface area contributed by atoms with Crippen LogP contribution in [0.5, 0.6) is 0 Å². The maximum absolute atomic E-state index is 6.26. The summed E-state index contributed by atoms with van der Waals surface area (Å²) < 4.78 is 0. The third-order valence-electron chi connectivity index (χ3n) is 4.36. The first-order chi connectivity index (χ1) is 12.0. The number of rotatable bonds is 6. The second-order valence-electron chi connectivity index (χ2n) is 7.57. The minimum absolute atomic E-state index is 0.371. The highest BCUT2D eigenvalue weighted by Gasteiger charge is 2.11. The number of aryl methyl sites for hydroxylation is 1. The first-order valence-corrected chi connectivity index (χ1v) is 9.76. The molecule has 0 amide bonds. The van der Waals surface area contributed by atoms with Crippen molar-refractivity contribution in [3.63, 3.8) is 0 Å². The van der Waals surface area contributed by atoms with Crippen LogP contribution >= 0.6 is 0 Å². The largest absolute Gasteiger partial charge is 0.399 e. The molecule has 0 saturated carbocycles. The molecule has 1 rings (SSSR count). The highest BCUT2D eigenvalue weighted by molar-refractivity contribution is 5.57. The minimum atomic E-state index is 0.371. The number of nitrogens with two attached hydrogens (primary N) is 2. The molecule has 1 aromatic carbocycles. The van der Waals surface area contributed by atoms with Gasteiger partial charge in [0.15, 0.2) is 0 Å². The van der Waals surface area contributed by atoms with Crippen molar-refractivity contribution in [2.75, 3.05) is 5.73 Å². The molecule has 0 aliphatic carbocycles. The summed E-state index contributed by atoms with van der Waals surface area (Å²) in [5.41, 5.74) is 21.3. The van der Waals surface area contributed by atoms with E-state index < -0.39 is 0 Å². The Morgan fingerprint density at radius 3 is 2.08 bits per heavy atom. The fraction of sp³-hybridized carbons (Fsp3) is 0.500. The lowest BCUT2D eigenvalue weighted by Crippen LogP contribution is -2.09. The Hall–Kier alpha value is -1.96. The van der Waals surface area contributed by atoms with Gasteiger partial charge in [-0.1, -0.05) is 77.5 Å². The summed E-state index contributed by atoms with van der Waals surface area (Å²) in [6, 6.07) is 4.38. The molecule has 0 unspecified atom stereocenters. The quantitative estimate of drug-likeness (QED) is 0.442. The van der Waals surface area contributed by atoms with Crippen LogP contribution in [0.15, 0.2) is 47.2 Å². The van der Waals surface area contributed by atoms with E-state index in [1.54, 1.807) is 0 Å². The van der Waals surface area contributed by atoms with Gasteiger partial charge in [0.1, 0.15) is 0 Å². The Labute approximate surface area is 162 Å². The zero-order valence-corrected chi connectivity index (χ0v) is 18.5. The van der Waals surface area contributed by atoms with Crippen molar-refractivity contribution in [2.45, 2.75) is 74.7 Å². The molecule has 1 aromatic rings. The Balaban J connectivity index is 0.00000301. The van der Waals surface area contributed by atoms with Crippen molar-refractivity contribution in [3.05, 3.63) is 63.9 Å². The highest BCUT2D eigenvalue weighted by atomic mass is 14.6. The second kappa shape index (κ2) is 10.9. The third kappa shape index (κ3) is 6.74. The number of hydrogen-bond donors (Lipinski definition) is 2. The van der Waals surface area contributed by atoms with Crippen LogP contribution in [-0.2, 0) is 6.42 Å². The van der Waals surface area contributed by atoms with Gasteiger partial charge in [0.25, 0.3) is 0 Å². The normalized spacial score (nSPS) is 11.3. The predicted octanol–water partition coefficient (Wildman–Crippen LogP) is 6.66. The van der Waals surface area contributed by atoms with Crippen LogP contribution < -0.4 is 11.5 Å². The van der Waals surface area contributed by atoms with E-state index in [1.165, 1.54) is 11.1 Å². The lowest BCUT2D eigenvalue weighted by Gasteiger charge is -2.17. The summed E-state index contributed by atoms with van der Waals surface area (Å²) in [6.45, 7) is 23.1. The lowest BCUT2D eigenvalue weighted by atomic mass is 9.91. The number of allylic oxidation sites excluding steroid dienone is 4. The molecule has 0 atom stereocenters. The fourth-order valence-corrected chi connectivity index (χ4v) is 2.86. The van der Waals surface area contributed by atoms with Gasteiger partial charge in [0.2, 0.25) is 0 Å². The number of nitrogen functional groups attached to an aromatic ring is 1. The summed E-state index contributed by atoms with van der Waals surface area (Å²) in [5, 5.41) is 0. The van der Waals surface area contributed by atoms with Crippen LogP contribution in [-0.4, -0.2) is 0 Å². The third-order valence-corrected chi connectivity index (χ3v) is 4.36. The molecule has 0 aromatic heterocycles. The molecule has 4 N–H and O–H groups in total. The minimum Gasteiger partial charge on any atom is -0.399 e. The van der Waals surface area contributed by atoms with Gasteiger partial charge in [-0.25, -0.2) is 0 Å². The average molecular weight is 357 g/mol. The van der Waals surface area contributed by atoms with Gasteiger partial charge < -0.3 is 11.5 Å². The molecule has 0 heterocycles. The van der Waals surface area contributed by atoms with E-state index in [-0.39, 0.29) is 0 Å². The van der Waals surface area contributed by atoms with Crippen molar-refractivity contribution < 1.29 is 0 Å². The first-order valence-electron chi connectivity index (χ1n) is 9.76. The summed E-state index contributed by atoms with van der Waals surface area (Å²) in [4.78, 5) is 0. The number of benzene rings is 1. The SMILES string of the molecule is C=C(/C=C(\C(N)=C(C)C)C(C)C)Cc1cc(C)c(N)c(C(C)C)c1.CC. The summed E-state index contributed by atoms with van der Waals surface area (Å²) in [5.74, 6) is 0.788. The van der Waals surface area contributed by atoms with Gasteiger partial charge in [0, 0.05) is 11.4 Å². The molecule has 0 saturated heterocycles. The highest BCUT2D eigenvalue weighted by Crippen LogP contribution is 2.28. The van der Waals surface area contributed by atoms with Crippen LogP contribution in [0.25, 0.3) is 0 Å². The molecule has 0 spiro atoms. The Morgan fingerprint density at radius 1 is 1.12 bits per heavy atom. The standard InChI is InChI=1S/C22H34N2.C2H6/c1-13(2)19(21(23)15(5)6)10-16(7)9-18-11-17(8)22(24)20(12-18)14(3)4;1-2/h10-14H,7,9,23-24H2,1-6,8H3;1-2H3/b19-10-;. The van der Waals surface area contributed by atoms with Crippen molar-refractivity contribution in [1.29, 1.82) is 0 Å². The van der Waals surface area contributed by atoms with Gasteiger partial charge in [-0.2, -0.15) is 0 Å². The lowest BCUT2D eigenvalue weighted by molar-refractivity contribution is 0.768. The maximum Gasteiger partial charge on any atom is 0.0379 e. The van der Waals surface area contributed by atoms with E-state index in [2.05, 4.69) is 59.4 Å². The van der Waals surface area contributed by atoms with Crippen LogP contribution in [0.2, 0.25) is 0 Å². The molecule has 2 nitrogen and oxygen atoms in total. The van der Waals surface area contributed by atoms with Crippen LogP contribution in [0, 0.1) is 12.8 Å². The van der Waals surface area contributed by atoms with Crippen molar-refractivity contribution in [2.24, 2.45) is 11.7 Å². The second-order valence-corrected chi connectivity index (χ2v) is 7.57. The molecule has 0 bridgehead atoms. The van der Waals surface area contributed by atoms with Gasteiger partial charge >= 0.3 is 0 Å². The van der Waals surface area contributed by atoms with Crippen LogP contribution in [0.1, 0.15) is 78.0 Å². The van der Waals surface area contributed by atoms with E-state index in [9.17, 15) is 0 Å². The zero-order valence-electron chi connectivity index (χ0n) is 18.5. The topological polar surface area (TPSA) is 52.0 Å². The van der Waals surface area contributed by atoms with Crippen LogP contribution in [0.3, 0.4) is 0 Å².